The van der Waals surface area contributed by atoms with Crippen LogP contribution in [0.4, 0.5) is 0 Å². The van der Waals surface area contributed by atoms with Crippen molar-refractivity contribution >= 4 is 12.3 Å². The summed E-state index contributed by atoms with van der Waals surface area (Å²) in [7, 11) is 0. The summed E-state index contributed by atoms with van der Waals surface area (Å²) in [5.74, 6) is 0. The molecule has 0 amide bonds. The summed E-state index contributed by atoms with van der Waals surface area (Å²) in [5.41, 5.74) is 2.01. The van der Waals surface area contributed by atoms with Crippen molar-refractivity contribution in [1.29, 1.82) is 0 Å². The van der Waals surface area contributed by atoms with Gasteiger partial charge in [0.25, 0.3) is 0 Å². The Morgan fingerprint density at radius 1 is 1.45 bits per heavy atom. The fraction of sp³-hybridized carbons (Fsp3) is 0. The highest BCUT2D eigenvalue weighted by atomic mass is 14.7. The van der Waals surface area contributed by atoms with Gasteiger partial charge in [0.15, 0.2) is 0 Å². The van der Waals surface area contributed by atoms with E-state index >= 15 is 0 Å². The SMILES string of the molecule is C=CN=Cc1[nH]ccc1C=C. The summed E-state index contributed by atoms with van der Waals surface area (Å²) in [5, 5.41) is 0. The van der Waals surface area contributed by atoms with Crippen molar-refractivity contribution < 1.29 is 0 Å². The first-order chi connectivity index (χ1) is 5.38. The van der Waals surface area contributed by atoms with E-state index in [9.17, 15) is 0 Å². The molecule has 2 nitrogen and oxygen atoms in total. The van der Waals surface area contributed by atoms with E-state index < -0.39 is 0 Å². The van der Waals surface area contributed by atoms with E-state index in [2.05, 4.69) is 23.1 Å². The molecular weight excluding hydrogens is 136 g/mol. The number of nitrogens with one attached hydrogen (secondary N) is 1. The lowest BCUT2D eigenvalue weighted by atomic mass is 10.2. The Labute approximate surface area is 66.0 Å². The molecule has 0 bridgehead atoms. The van der Waals surface area contributed by atoms with Crippen LogP contribution in [0.15, 0.2) is 36.6 Å². The van der Waals surface area contributed by atoms with Gasteiger partial charge in [0.1, 0.15) is 0 Å². The Hall–Kier alpha value is -1.57. The lowest BCUT2D eigenvalue weighted by Crippen LogP contribution is -1.81. The molecular formula is C9H10N2. The zero-order valence-corrected chi connectivity index (χ0v) is 6.25. The molecule has 1 heterocycles. The van der Waals surface area contributed by atoms with Gasteiger partial charge in [-0.15, -0.1) is 0 Å². The van der Waals surface area contributed by atoms with Crippen molar-refractivity contribution in [2.45, 2.75) is 0 Å². The van der Waals surface area contributed by atoms with Gasteiger partial charge in [-0.3, -0.25) is 4.99 Å². The van der Waals surface area contributed by atoms with Gasteiger partial charge in [0.2, 0.25) is 0 Å². The molecule has 0 spiro atoms. The molecule has 0 aliphatic rings. The molecule has 0 atom stereocenters. The number of aromatic nitrogens is 1. The van der Waals surface area contributed by atoms with Crippen LogP contribution in [0.2, 0.25) is 0 Å². The molecule has 0 saturated carbocycles. The minimum Gasteiger partial charge on any atom is -0.360 e. The zero-order valence-electron chi connectivity index (χ0n) is 6.25. The summed E-state index contributed by atoms with van der Waals surface area (Å²) < 4.78 is 0. The summed E-state index contributed by atoms with van der Waals surface area (Å²) in [6.07, 6.45) is 6.83. The third-order valence-corrected chi connectivity index (χ3v) is 1.34. The van der Waals surface area contributed by atoms with E-state index in [-0.39, 0.29) is 0 Å². The molecule has 2 heteroatoms. The monoisotopic (exact) mass is 146 g/mol. The van der Waals surface area contributed by atoms with E-state index in [4.69, 9.17) is 0 Å². The minimum atomic E-state index is 0.958. The summed E-state index contributed by atoms with van der Waals surface area (Å²) >= 11 is 0. The molecule has 0 radical (unpaired) electrons. The van der Waals surface area contributed by atoms with E-state index in [1.807, 2.05) is 12.3 Å². The molecule has 56 valence electrons. The van der Waals surface area contributed by atoms with Gasteiger partial charge in [-0.05, 0) is 6.07 Å². The zero-order chi connectivity index (χ0) is 8.10. The summed E-state index contributed by atoms with van der Waals surface area (Å²) in [6.45, 7) is 7.14. The van der Waals surface area contributed by atoms with Gasteiger partial charge >= 0.3 is 0 Å². The van der Waals surface area contributed by atoms with Crippen molar-refractivity contribution in [2.24, 2.45) is 4.99 Å². The highest BCUT2D eigenvalue weighted by Gasteiger charge is 1.93. The second-order valence-corrected chi connectivity index (χ2v) is 2.01. The highest BCUT2D eigenvalue weighted by Crippen LogP contribution is 2.04. The molecule has 1 rings (SSSR count). The maximum Gasteiger partial charge on any atom is 0.0639 e. The highest BCUT2D eigenvalue weighted by molar-refractivity contribution is 5.83. The maximum atomic E-state index is 3.88. The van der Waals surface area contributed by atoms with Crippen LogP contribution in [0.5, 0.6) is 0 Å². The number of hydrogen-bond acceptors (Lipinski definition) is 1. The maximum absolute atomic E-state index is 3.88. The minimum absolute atomic E-state index is 0.958. The number of aliphatic imine (C=N–C) groups is 1. The van der Waals surface area contributed by atoms with Crippen molar-refractivity contribution in [2.75, 3.05) is 0 Å². The molecule has 0 saturated heterocycles. The van der Waals surface area contributed by atoms with Gasteiger partial charge in [-0.1, -0.05) is 19.2 Å². The standard InChI is InChI=1S/C9H10N2/c1-3-8-5-6-11-9(8)7-10-4-2/h3-7,11H,1-2H2. The lowest BCUT2D eigenvalue weighted by Gasteiger charge is -1.87. The Morgan fingerprint density at radius 2 is 2.27 bits per heavy atom. The van der Waals surface area contributed by atoms with Gasteiger partial charge in [0, 0.05) is 18.0 Å². The van der Waals surface area contributed by atoms with Crippen molar-refractivity contribution in [3.63, 3.8) is 0 Å². The molecule has 0 unspecified atom stereocenters. The smallest absolute Gasteiger partial charge is 0.0639 e. The largest absolute Gasteiger partial charge is 0.360 e. The third-order valence-electron chi connectivity index (χ3n) is 1.34. The first-order valence-corrected chi connectivity index (χ1v) is 3.32. The van der Waals surface area contributed by atoms with Crippen molar-refractivity contribution in [3.8, 4) is 0 Å². The fourth-order valence-corrected chi connectivity index (χ4v) is 0.811. The summed E-state index contributed by atoms with van der Waals surface area (Å²) in [4.78, 5) is 6.91. The molecule has 0 aliphatic carbocycles. The molecule has 0 aliphatic heterocycles. The molecule has 1 N–H and O–H groups in total. The molecule has 1 aromatic heterocycles. The number of hydrogen-bond donors (Lipinski definition) is 1. The van der Waals surface area contributed by atoms with Gasteiger partial charge in [0.05, 0.1) is 11.9 Å². The Morgan fingerprint density at radius 3 is 2.91 bits per heavy atom. The number of H-pyrrole nitrogens is 1. The average molecular weight is 146 g/mol. The van der Waals surface area contributed by atoms with Crippen LogP contribution in [0.3, 0.4) is 0 Å². The van der Waals surface area contributed by atoms with Gasteiger partial charge in [-0.25, -0.2) is 0 Å². The number of aromatic amines is 1. The Balaban J connectivity index is 2.92. The first-order valence-electron chi connectivity index (χ1n) is 3.32. The quantitative estimate of drug-likeness (QED) is 0.633. The number of rotatable bonds is 3. The molecule has 0 fully saturated rings. The molecule has 0 aromatic carbocycles. The lowest BCUT2D eigenvalue weighted by molar-refractivity contribution is 1.37. The van der Waals surface area contributed by atoms with E-state index in [0.29, 0.717) is 0 Å². The van der Waals surface area contributed by atoms with Crippen LogP contribution in [0.1, 0.15) is 11.3 Å². The van der Waals surface area contributed by atoms with Crippen molar-refractivity contribution in [1.82, 2.24) is 4.98 Å². The van der Waals surface area contributed by atoms with Crippen LogP contribution < -0.4 is 0 Å². The normalized spacial score (nSPS) is 10.2. The van der Waals surface area contributed by atoms with E-state index in [1.54, 1.807) is 12.3 Å². The van der Waals surface area contributed by atoms with Crippen LogP contribution >= 0.6 is 0 Å². The molecule has 11 heavy (non-hydrogen) atoms. The Kier molecular flexibility index (Phi) is 2.44. The average Bonchev–Trinajstić information content (AvgIpc) is 2.47. The molecule has 1 aromatic rings. The Bertz CT molecular complexity index is 282. The first kappa shape index (κ1) is 7.54. The van der Waals surface area contributed by atoms with Crippen LogP contribution in [-0.2, 0) is 0 Å². The van der Waals surface area contributed by atoms with E-state index in [0.717, 1.165) is 11.3 Å². The van der Waals surface area contributed by atoms with Gasteiger partial charge < -0.3 is 4.98 Å². The van der Waals surface area contributed by atoms with Crippen LogP contribution in [0.25, 0.3) is 6.08 Å². The second kappa shape index (κ2) is 3.56. The summed E-state index contributed by atoms with van der Waals surface area (Å²) in [6, 6.07) is 1.94. The predicted octanol–water partition coefficient (Wildman–Crippen LogP) is 2.22. The van der Waals surface area contributed by atoms with Crippen LogP contribution in [-0.4, -0.2) is 11.2 Å². The van der Waals surface area contributed by atoms with Crippen LogP contribution in [0, 0.1) is 0 Å². The number of nitrogens with zero attached hydrogens (tertiary/aromatic N) is 1. The van der Waals surface area contributed by atoms with E-state index in [1.165, 1.54) is 6.20 Å². The fourth-order valence-electron chi connectivity index (χ4n) is 0.811. The second-order valence-electron chi connectivity index (χ2n) is 2.01. The third kappa shape index (κ3) is 1.67. The van der Waals surface area contributed by atoms with Gasteiger partial charge in [-0.2, -0.15) is 0 Å². The van der Waals surface area contributed by atoms with Crippen molar-refractivity contribution in [3.05, 3.63) is 42.9 Å². The predicted molar refractivity (Wildman–Crippen MR) is 48.7 cm³/mol. The topological polar surface area (TPSA) is 28.1 Å².